The number of methoxy groups -OCH3 is 1. The molecule has 0 aliphatic rings. The first kappa shape index (κ1) is 23.3. The molecule has 0 heterocycles. The lowest BCUT2D eigenvalue weighted by Gasteiger charge is -2.13. The van der Waals surface area contributed by atoms with E-state index in [0.717, 1.165) is 18.7 Å². The van der Waals surface area contributed by atoms with Gasteiger partial charge in [-0.3, -0.25) is 0 Å². The van der Waals surface area contributed by atoms with Gasteiger partial charge in [0.1, 0.15) is 12.4 Å². The Morgan fingerprint density at radius 1 is 0.889 bits per heavy atom. The van der Waals surface area contributed by atoms with Crippen molar-refractivity contribution in [3.8, 4) is 11.5 Å². The van der Waals surface area contributed by atoms with E-state index in [9.17, 15) is 4.39 Å². The molecule has 0 saturated carbocycles. The molecule has 2 rings (SSSR count). The fourth-order valence-corrected chi connectivity index (χ4v) is 2.77. The van der Waals surface area contributed by atoms with E-state index in [4.69, 9.17) is 9.47 Å². The fourth-order valence-electron chi connectivity index (χ4n) is 2.77. The highest BCUT2D eigenvalue weighted by Crippen LogP contribution is 2.28. The third-order valence-corrected chi connectivity index (χ3v) is 4.32. The van der Waals surface area contributed by atoms with E-state index in [2.05, 4.69) is 12.2 Å². The molecule has 0 atom stereocenters. The zero-order valence-corrected chi connectivity index (χ0v) is 17.1. The Kier molecular flexibility index (Phi) is 11.5. The van der Waals surface area contributed by atoms with Crippen molar-refractivity contribution < 1.29 is 13.9 Å². The van der Waals surface area contributed by atoms with Crippen molar-refractivity contribution in [2.24, 2.45) is 0 Å². The van der Waals surface area contributed by atoms with Crippen molar-refractivity contribution in [3.05, 3.63) is 59.4 Å². The summed E-state index contributed by atoms with van der Waals surface area (Å²) in [5, 5.41) is 3.48. The minimum atomic E-state index is -0.242. The molecule has 5 heteroatoms. The topological polar surface area (TPSA) is 30.5 Å². The summed E-state index contributed by atoms with van der Waals surface area (Å²) in [6.45, 7) is 4.47. The normalized spacial score (nSPS) is 10.3. The Hall–Kier alpha value is -1.78. The summed E-state index contributed by atoms with van der Waals surface area (Å²) in [6, 6.07) is 12.3. The number of rotatable bonds is 12. The van der Waals surface area contributed by atoms with Crippen LogP contribution in [-0.4, -0.2) is 13.7 Å². The lowest BCUT2D eigenvalue weighted by molar-refractivity contribution is 0.284. The van der Waals surface area contributed by atoms with Crippen molar-refractivity contribution in [1.29, 1.82) is 0 Å². The van der Waals surface area contributed by atoms with Gasteiger partial charge in [-0.05, 0) is 48.4 Å². The quantitative estimate of drug-likeness (QED) is 0.454. The molecule has 0 amide bonds. The highest BCUT2D eigenvalue weighted by Gasteiger charge is 2.06. The van der Waals surface area contributed by atoms with Crippen molar-refractivity contribution in [2.45, 2.75) is 52.2 Å². The van der Waals surface area contributed by atoms with Crippen LogP contribution in [0.3, 0.4) is 0 Å². The van der Waals surface area contributed by atoms with E-state index in [-0.39, 0.29) is 18.2 Å². The fraction of sp³-hybridized carbons (Fsp3) is 0.455. The van der Waals surface area contributed by atoms with Crippen LogP contribution < -0.4 is 14.8 Å². The Labute approximate surface area is 168 Å². The van der Waals surface area contributed by atoms with Crippen molar-refractivity contribution in [3.63, 3.8) is 0 Å². The van der Waals surface area contributed by atoms with E-state index in [1.165, 1.54) is 49.8 Å². The van der Waals surface area contributed by atoms with Crippen molar-refractivity contribution in [2.75, 3.05) is 13.7 Å². The van der Waals surface area contributed by atoms with Gasteiger partial charge < -0.3 is 14.8 Å². The van der Waals surface area contributed by atoms with Crippen LogP contribution in [0.2, 0.25) is 0 Å². The number of halogens is 2. The summed E-state index contributed by atoms with van der Waals surface area (Å²) in [5.41, 5.74) is 2.09. The SMILES string of the molecule is CCCCCCCNCc1ccc(OCc2ccc(F)cc2)c(OC)c1.Cl. The van der Waals surface area contributed by atoms with Crippen LogP contribution in [0.1, 0.15) is 50.2 Å². The molecule has 0 unspecified atom stereocenters. The molecule has 3 nitrogen and oxygen atoms in total. The molecule has 0 spiro atoms. The van der Waals surface area contributed by atoms with Gasteiger partial charge >= 0.3 is 0 Å². The second-order valence-corrected chi connectivity index (χ2v) is 6.49. The van der Waals surface area contributed by atoms with Gasteiger partial charge in [-0.25, -0.2) is 4.39 Å². The molecular formula is C22H31ClFNO2. The number of unbranched alkanes of at least 4 members (excludes halogenated alkanes) is 4. The molecule has 0 aromatic heterocycles. The first-order valence-corrected chi connectivity index (χ1v) is 9.47. The average molecular weight is 396 g/mol. The Balaban J connectivity index is 0.00000364. The van der Waals surface area contributed by atoms with E-state index in [1.54, 1.807) is 19.2 Å². The molecule has 2 aromatic carbocycles. The third kappa shape index (κ3) is 8.63. The highest BCUT2D eigenvalue weighted by molar-refractivity contribution is 5.85. The van der Waals surface area contributed by atoms with Gasteiger partial charge in [0, 0.05) is 6.54 Å². The summed E-state index contributed by atoms with van der Waals surface area (Å²) < 4.78 is 24.2. The summed E-state index contributed by atoms with van der Waals surface area (Å²) in [5.74, 6) is 1.17. The van der Waals surface area contributed by atoms with Gasteiger partial charge in [0.2, 0.25) is 0 Å². The molecule has 2 aromatic rings. The smallest absolute Gasteiger partial charge is 0.161 e. The van der Waals surface area contributed by atoms with Crippen LogP contribution in [0.4, 0.5) is 4.39 Å². The molecule has 0 bridgehead atoms. The second kappa shape index (κ2) is 13.4. The number of hydrogen-bond donors (Lipinski definition) is 1. The molecular weight excluding hydrogens is 365 g/mol. The first-order valence-electron chi connectivity index (χ1n) is 9.47. The van der Waals surface area contributed by atoms with Crippen LogP contribution in [-0.2, 0) is 13.2 Å². The van der Waals surface area contributed by atoms with E-state index < -0.39 is 0 Å². The minimum absolute atomic E-state index is 0. The lowest BCUT2D eigenvalue weighted by Crippen LogP contribution is -2.14. The van der Waals surface area contributed by atoms with Gasteiger partial charge in [0.25, 0.3) is 0 Å². The zero-order valence-electron chi connectivity index (χ0n) is 16.3. The summed E-state index contributed by atoms with van der Waals surface area (Å²) in [6.07, 6.45) is 6.45. The third-order valence-electron chi connectivity index (χ3n) is 4.32. The van der Waals surface area contributed by atoms with E-state index >= 15 is 0 Å². The van der Waals surface area contributed by atoms with Crippen LogP contribution in [0.25, 0.3) is 0 Å². The maximum Gasteiger partial charge on any atom is 0.161 e. The maximum atomic E-state index is 13.0. The van der Waals surface area contributed by atoms with Crippen LogP contribution in [0, 0.1) is 5.82 Å². The summed E-state index contributed by atoms with van der Waals surface area (Å²) in [4.78, 5) is 0. The monoisotopic (exact) mass is 395 g/mol. The van der Waals surface area contributed by atoms with Crippen LogP contribution in [0.15, 0.2) is 42.5 Å². The number of nitrogens with one attached hydrogen (secondary N) is 1. The van der Waals surface area contributed by atoms with Gasteiger partial charge in [0.15, 0.2) is 11.5 Å². The Morgan fingerprint density at radius 2 is 1.59 bits per heavy atom. The molecule has 0 aliphatic heterocycles. The maximum absolute atomic E-state index is 13.0. The molecule has 0 radical (unpaired) electrons. The average Bonchev–Trinajstić information content (AvgIpc) is 2.67. The number of hydrogen-bond acceptors (Lipinski definition) is 3. The zero-order chi connectivity index (χ0) is 18.6. The number of benzene rings is 2. The van der Waals surface area contributed by atoms with Gasteiger partial charge in [-0.2, -0.15) is 0 Å². The highest BCUT2D eigenvalue weighted by atomic mass is 35.5. The largest absolute Gasteiger partial charge is 0.493 e. The molecule has 150 valence electrons. The van der Waals surface area contributed by atoms with Crippen LogP contribution >= 0.6 is 12.4 Å². The van der Waals surface area contributed by atoms with Gasteiger partial charge in [-0.15, -0.1) is 12.4 Å². The van der Waals surface area contributed by atoms with E-state index in [1.807, 2.05) is 18.2 Å². The van der Waals surface area contributed by atoms with E-state index in [0.29, 0.717) is 18.1 Å². The minimum Gasteiger partial charge on any atom is -0.493 e. The second-order valence-electron chi connectivity index (χ2n) is 6.49. The molecule has 0 aliphatic carbocycles. The Bertz CT molecular complexity index is 649. The lowest BCUT2D eigenvalue weighted by atomic mass is 10.1. The molecule has 0 saturated heterocycles. The predicted molar refractivity (Wildman–Crippen MR) is 111 cm³/mol. The first-order chi connectivity index (χ1) is 12.7. The number of ether oxygens (including phenoxy) is 2. The van der Waals surface area contributed by atoms with Gasteiger partial charge in [-0.1, -0.05) is 50.8 Å². The molecule has 27 heavy (non-hydrogen) atoms. The Morgan fingerprint density at radius 3 is 2.30 bits per heavy atom. The van der Waals surface area contributed by atoms with Crippen molar-refractivity contribution >= 4 is 12.4 Å². The molecule has 0 fully saturated rings. The van der Waals surface area contributed by atoms with Crippen molar-refractivity contribution in [1.82, 2.24) is 5.32 Å². The van der Waals surface area contributed by atoms with Gasteiger partial charge in [0.05, 0.1) is 7.11 Å². The molecule has 1 N–H and O–H groups in total. The predicted octanol–water partition coefficient (Wildman–Crippen LogP) is 5.90. The van der Waals surface area contributed by atoms with Crippen LogP contribution in [0.5, 0.6) is 11.5 Å². The summed E-state index contributed by atoms with van der Waals surface area (Å²) in [7, 11) is 1.64. The summed E-state index contributed by atoms with van der Waals surface area (Å²) >= 11 is 0. The standard InChI is InChI=1S/C22H30FNO2.ClH/c1-3-4-5-6-7-14-24-16-19-10-13-21(22(15-19)25-2)26-17-18-8-11-20(23)12-9-18;/h8-13,15,24H,3-7,14,16-17H2,1-2H3;1H.